The molecule has 3 aliphatic rings. The van der Waals surface area contributed by atoms with Crippen LogP contribution in [-0.2, 0) is 4.79 Å². The number of fused-ring (bicyclic) bond motifs is 2. The number of rotatable bonds is 3. The molecule has 1 heterocycles. The second-order valence-electron chi connectivity index (χ2n) is 6.02. The van der Waals surface area contributed by atoms with E-state index in [1.54, 1.807) is 0 Å². The predicted octanol–water partition coefficient (Wildman–Crippen LogP) is 1.40. The van der Waals surface area contributed by atoms with E-state index in [9.17, 15) is 4.79 Å². The summed E-state index contributed by atoms with van der Waals surface area (Å²) in [6, 6.07) is 0. The molecule has 3 rings (SSSR count). The molecule has 94 valence electrons. The van der Waals surface area contributed by atoms with Crippen LogP contribution >= 0.6 is 0 Å². The van der Waals surface area contributed by atoms with Gasteiger partial charge in [-0.05, 0) is 56.5 Å². The molecule has 0 unspecified atom stereocenters. The van der Waals surface area contributed by atoms with E-state index in [-0.39, 0.29) is 11.8 Å². The number of hydrogen-bond donors (Lipinski definition) is 1. The van der Waals surface area contributed by atoms with Crippen LogP contribution in [0.25, 0.3) is 0 Å². The molecule has 17 heavy (non-hydrogen) atoms. The molecule has 2 aliphatic carbocycles. The molecule has 0 aromatic rings. The Kier molecular flexibility index (Phi) is 2.95. The lowest BCUT2D eigenvalue weighted by Crippen LogP contribution is -2.41. The Balaban J connectivity index is 1.48. The quantitative estimate of drug-likeness (QED) is 0.750. The summed E-state index contributed by atoms with van der Waals surface area (Å²) in [7, 11) is 0. The second-order valence-corrected chi connectivity index (χ2v) is 6.02. The first kappa shape index (κ1) is 11.3. The number of primary amides is 1. The highest BCUT2D eigenvalue weighted by Gasteiger charge is 2.36. The lowest BCUT2D eigenvalue weighted by Gasteiger charge is -2.33. The Labute approximate surface area is 103 Å². The number of nitrogens with two attached hydrogens (primary N) is 1. The van der Waals surface area contributed by atoms with E-state index in [4.69, 9.17) is 5.73 Å². The first-order valence-corrected chi connectivity index (χ1v) is 6.92. The molecule has 3 heteroatoms. The van der Waals surface area contributed by atoms with Crippen molar-refractivity contribution < 1.29 is 4.79 Å². The largest absolute Gasteiger partial charge is 0.369 e. The summed E-state index contributed by atoms with van der Waals surface area (Å²) in [6.07, 6.45) is 9.53. The highest BCUT2D eigenvalue weighted by molar-refractivity contribution is 5.76. The van der Waals surface area contributed by atoms with Crippen LogP contribution in [0.15, 0.2) is 12.2 Å². The minimum atomic E-state index is -0.104. The molecule has 0 spiro atoms. The van der Waals surface area contributed by atoms with Crippen LogP contribution in [0.3, 0.4) is 0 Å². The Hall–Kier alpha value is -0.830. The van der Waals surface area contributed by atoms with Crippen molar-refractivity contribution in [3.05, 3.63) is 12.2 Å². The topological polar surface area (TPSA) is 46.3 Å². The number of carbonyl (C=O) groups is 1. The fourth-order valence-corrected chi connectivity index (χ4v) is 3.84. The zero-order valence-electron chi connectivity index (χ0n) is 10.3. The van der Waals surface area contributed by atoms with E-state index in [2.05, 4.69) is 17.1 Å². The van der Waals surface area contributed by atoms with E-state index < -0.39 is 0 Å². The number of likely N-dealkylation sites (tertiary alicyclic amines) is 1. The van der Waals surface area contributed by atoms with Crippen molar-refractivity contribution in [2.75, 3.05) is 19.6 Å². The molecule has 3 atom stereocenters. The molecule has 1 saturated heterocycles. The molecule has 2 bridgehead atoms. The van der Waals surface area contributed by atoms with Gasteiger partial charge in [0.05, 0.1) is 0 Å². The molecular formula is C14H22N2O. The van der Waals surface area contributed by atoms with Gasteiger partial charge in [0.1, 0.15) is 0 Å². The number of carbonyl (C=O) groups excluding carboxylic acids is 1. The van der Waals surface area contributed by atoms with E-state index in [0.717, 1.165) is 43.7 Å². The summed E-state index contributed by atoms with van der Waals surface area (Å²) in [5, 5.41) is 0. The van der Waals surface area contributed by atoms with Gasteiger partial charge in [0.2, 0.25) is 5.91 Å². The Morgan fingerprint density at radius 3 is 2.53 bits per heavy atom. The summed E-state index contributed by atoms with van der Waals surface area (Å²) in [5.41, 5.74) is 5.36. The van der Waals surface area contributed by atoms with E-state index >= 15 is 0 Å². The zero-order valence-corrected chi connectivity index (χ0v) is 10.3. The van der Waals surface area contributed by atoms with Crippen LogP contribution in [0.1, 0.15) is 25.7 Å². The summed E-state index contributed by atoms with van der Waals surface area (Å²) < 4.78 is 0. The van der Waals surface area contributed by atoms with Crippen molar-refractivity contribution >= 4 is 5.91 Å². The average Bonchev–Trinajstić information content (AvgIpc) is 2.91. The number of hydrogen-bond acceptors (Lipinski definition) is 2. The van der Waals surface area contributed by atoms with Gasteiger partial charge >= 0.3 is 0 Å². The lowest BCUT2D eigenvalue weighted by molar-refractivity contribution is -0.123. The summed E-state index contributed by atoms with van der Waals surface area (Å²) in [5.74, 6) is 2.61. The second kappa shape index (κ2) is 4.45. The zero-order chi connectivity index (χ0) is 11.8. The first-order chi connectivity index (χ1) is 8.22. The van der Waals surface area contributed by atoms with Crippen LogP contribution < -0.4 is 5.73 Å². The van der Waals surface area contributed by atoms with Crippen molar-refractivity contribution in [3.63, 3.8) is 0 Å². The Morgan fingerprint density at radius 1 is 1.24 bits per heavy atom. The molecule has 1 amide bonds. The highest BCUT2D eigenvalue weighted by Crippen LogP contribution is 2.43. The van der Waals surface area contributed by atoms with Gasteiger partial charge in [0.15, 0.2) is 0 Å². The van der Waals surface area contributed by atoms with Crippen molar-refractivity contribution in [1.82, 2.24) is 4.90 Å². The van der Waals surface area contributed by atoms with Crippen molar-refractivity contribution in [2.24, 2.45) is 29.4 Å². The van der Waals surface area contributed by atoms with Crippen LogP contribution in [0.4, 0.5) is 0 Å². The van der Waals surface area contributed by atoms with Crippen LogP contribution in [0.5, 0.6) is 0 Å². The molecule has 1 saturated carbocycles. The number of piperidine rings is 1. The minimum absolute atomic E-state index is 0.104. The van der Waals surface area contributed by atoms with Gasteiger partial charge in [-0.15, -0.1) is 0 Å². The lowest BCUT2D eigenvalue weighted by atomic mass is 9.91. The molecule has 1 aliphatic heterocycles. The van der Waals surface area contributed by atoms with Crippen LogP contribution in [0, 0.1) is 23.7 Å². The highest BCUT2D eigenvalue weighted by atomic mass is 16.1. The van der Waals surface area contributed by atoms with E-state index in [0.29, 0.717) is 0 Å². The summed E-state index contributed by atoms with van der Waals surface area (Å²) in [6.45, 7) is 3.35. The third-order valence-corrected chi connectivity index (χ3v) is 4.90. The molecule has 2 fully saturated rings. The molecule has 0 radical (unpaired) electrons. The Morgan fingerprint density at radius 2 is 2.00 bits per heavy atom. The van der Waals surface area contributed by atoms with Gasteiger partial charge in [-0.1, -0.05) is 12.2 Å². The standard InChI is InChI=1S/C14H22N2O/c15-14(17)11-3-5-16(6-4-11)9-13-8-10-1-2-12(13)7-10/h1-2,10-13H,3-9H2,(H2,15,17)/t10-,12-,13+/m1/s1. The monoisotopic (exact) mass is 234 g/mol. The summed E-state index contributed by atoms with van der Waals surface area (Å²) >= 11 is 0. The SMILES string of the molecule is NC(=O)C1CCN(C[C@@H]2C[C@@H]3C=C[C@@H]2C3)CC1. The smallest absolute Gasteiger partial charge is 0.220 e. The normalized spacial score (nSPS) is 37.8. The fourth-order valence-electron chi connectivity index (χ4n) is 3.84. The minimum Gasteiger partial charge on any atom is -0.369 e. The number of allylic oxidation sites excluding steroid dienone is 2. The first-order valence-electron chi connectivity index (χ1n) is 6.92. The van der Waals surface area contributed by atoms with Crippen molar-refractivity contribution in [2.45, 2.75) is 25.7 Å². The molecule has 0 aromatic heterocycles. The third kappa shape index (κ3) is 2.25. The molecular weight excluding hydrogens is 212 g/mol. The van der Waals surface area contributed by atoms with Gasteiger partial charge in [-0.2, -0.15) is 0 Å². The van der Waals surface area contributed by atoms with Crippen molar-refractivity contribution in [3.8, 4) is 0 Å². The number of nitrogens with zero attached hydrogens (tertiary/aromatic N) is 1. The maximum absolute atomic E-state index is 11.1. The van der Waals surface area contributed by atoms with Crippen LogP contribution in [-0.4, -0.2) is 30.4 Å². The predicted molar refractivity (Wildman–Crippen MR) is 67.2 cm³/mol. The van der Waals surface area contributed by atoms with E-state index in [1.807, 2.05) is 0 Å². The van der Waals surface area contributed by atoms with Gasteiger partial charge in [-0.25, -0.2) is 0 Å². The van der Waals surface area contributed by atoms with Crippen molar-refractivity contribution in [1.29, 1.82) is 0 Å². The average molecular weight is 234 g/mol. The van der Waals surface area contributed by atoms with Gasteiger partial charge in [0, 0.05) is 12.5 Å². The number of amides is 1. The molecule has 2 N–H and O–H groups in total. The van der Waals surface area contributed by atoms with Crippen LogP contribution in [0.2, 0.25) is 0 Å². The molecule has 0 aromatic carbocycles. The van der Waals surface area contributed by atoms with Gasteiger partial charge < -0.3 is 10.6 Å². The summed E-state index contributed by atoms with van der Waals surface area (Å²) in [4.78, 5) is 13.6. The Bertz CT molecular complexity index is 331. The maximum Gasteiger partial charge on any atom is 0.220 e. The van der Waals surface area contributed by atoms with Gasteiger partial charge in [0.25, 0.3) is 0 Å². The fraction of sp³-hybridized carbons (Fsp3) is 0.786. The molecule has 3 nitrogen and oxygen atoms in total. The van der Waals surface area contributed by atoms with E-state index in [1.165, 1.54) is 19.4 Å². The maximum atomic E-state index is 11.1. The van der Waals surface area contributed by atoms with Gasteiger partial charge in [-0.3, -0.25) is 4.79 Å². The third-order valence-electron chi connectivity index (χ3n) is 4.90.